The summed E-state index contributed by atoms with van der Waals surface area (Å²) in [6.07, 6.45) is 5.95. The summed E-state index contributed by atoms with van der Waals surface area (Å²) < 4.78 is 40.8. The van der Waals surface area contributed by atoms with Crippen LogP contribution in [-0.2, 0) is 28.7 Å². The van der Waals surface area contributed by atoms with E-state index in [-0.39, 0.29) is 48.2 Å². The van der Waals surface area contributed by atoms with E-state index in [0.29, 0.717) is 13.1 Å². The number of benzene rings is 1. The normalized spacial score (nSPS) is 24.3. The molecule has 0 unspecified atom stereocenters. The summed E-state index contributed by atoms with van der Waals surface area (Å²) in [5, 5.41) is 19.3. The number of alkyl halides is 2. The zero-order chi connectivity index (χ0) is 33.8. The number of Topliss-reactive ketones (excluding diaryl/α,β-unsaturated/α-hetero) is 1. The minimum atomic E-state index is -3.05. The second kappa shape index (κ2) is 14.8. The van der Waals surface area contributed by atoms with Crippen LogP contribution in [-0.4, -0.2) is 102 Å². The Morgan fingerprint density at radius 1 is 1.02 bits per heavy atom. The summed E-state index contributed by atoms with van der Waals surface area (Å²) in [5.41, 5.74) is 0.0478. The monoisotopic (exact) mass is 662 g/mol. The number of halogens is 2. The number of hydrogen-bond donors (Lipinski definition) is 4. The maximum Gasteiger partial charge on any atom is 0.387 e. The van der Waals surface area contributed by atoms with Crippen LogP contribution in [0.4, 0.5) is 8.78 Å². The number of likely N-dealkylation sites (tertiary alicyclic amines) is 1. The fourth-order valence-electron chi connectivity index (χ4n) is 6.34. The third-order valence-electron chi connectivity index (χ3n) is 9.55. The first kappa shape index (κ1) is 34.9. The number of nitrogens with zero attached hydrogens (tertiary/aromatic N) is 1. The van der Waals surface area contributed by atoms with Gasteiger partial charge in [-0.1, -0.05) is 23.8 Å². The highest BCUT2D eigenvalue weighted by Crippen LogP contribution is 2.36. The minimum absolute atomic E-state index is 0.0616. The number of hydrogen-bond acceptors (Lipinski definition) is 9. The maximum atomic E-state index is 13.8. The Morgan fingerprint density at radius 2 is 1.70 bits per heavy atom. The number of aliphatic hydroxyl groups is 1. The highest BCUT2D eigenvalue weighted by atomic mass is 19.3. The van der Waals surface area contributed by atoms with Gasteiger partial charge in [-0.25, -0.2) is 0 Å². The van der Waals surface area contributed by atoms with Crippen molar-refractivity contribution in [2.75, 3.05) is 32.8 Å². The molecule has 47 heavy (non-hydrogen) atoms. The number of nitrogens with one attached hydrogen (secondary N) is 3. The smallest absolute Gasteiger partial charge is 0.387 e. The summed E-state index contributed by atoms with van der Waals surface area (Å²) >= 11 is 0. The molecule has 0 bridgehead atoms. The molecule has 4 aliphatic rings. The average molecular weight is 663 g/mol. The van der Waals surface area contributed by atoms with Crippen molar-refractivity contribution in [2.45, 2.75) is 101 Å². The van der Waals surface area contributed by atoms with Gasteiger partial charge in [-0.05, 0) is 76.5 Å². The molecule has 0 saturated carbocycles. The van der Waals surface area contributed by atoms with Crippen molar-refractivity contribution in [1.29, 1.82) is 0 Å². The highest BCUT2D eigenvalue weighted by molar-refractivity contribution is 5.98. The zero-order valence-electron chi connectivity index (χ0n) is 26.8. The van der Waals surface area contributed by atoms with Gasteiger partial charge in [0.05, 0.1) is 31.4 Å². The van der Waals surface area contributed by atoms with Gasteiger partial charge < -0.3 is 35.3 Å². The number of aliphatic hydroxyl groups excluding tert-OH is 1. The number of carbonyl (C=O) groups is 4. The molecule has 3 heterocycles. The number of rotatable bonds is 15. The van der Waals surface area contributed by atoms with Crippen molar-refractivity contribution in [1.82, 2.24) is 20.9 Å². The van der Waals surface area contributed by atoms with E-state index >= 15 is 0 Å². The molecule has 0 radical (unpaired) electrons. The Morgan fingerprint density at radius 3 is 2.26 bits per heavy atom. The van der Waals surface area contributed by atoms with E-state index < -0.39 is 48.3 Å². The lowest BCUT2D eigenvalue weighted by molar-refractivity contribution is -0.173. The quantitative estimate of drug-likeness (QED) is 0.163. The van der Waals surface area contributed by atoms with Crippen LogP contribution in [0.25, 0.3) is 0 Å². The SMILES string of the molecule is C[C@H](NC(=O)CN1CCC2(CCO2)CC1)C(=O)N[C@H](C(=O)N[C@@H](CC1=CCCC1)C(=O)[C@@]1(C)CO1)[C@H](O)c1ccc(OC(F)F)cc1. The van der Waals surface area contributed by atoms with Crippen molar-refractivity contribution in [3.63, 3.8) is 0 Å². The van der Waals surface area contributed by atoms with Gasteiger partial charge in [-0.3, -0.25) is 24.1 Å². The Hall–Kier alpha value is -3.46. The zero-order valence-corrected chi connectivity index (χ0v) is 26.8. The summed E-state index contributed by atoms with van der Waals surface area (Å²) in [4.78, 5) is 55.3. The molecule has 1 aromatic carbocycles. The molecule has 1 spiro atoms. The second-order valence-electron chi connectivity index (χ2n) is 13.1. The van der Waals surface area contributed by atoms with Crippen molar-refractivity contribution >= 4 is 23.5 Å². The van der Waals surface area contributed by atoms with Gasteiger partial charge in [0.15, 0.2) is 5.78 Å². The molecule has 5 rings (SSSR count). The van der Waals surface area contributed by atoms with Gasteiger partial charge >= 0.3 is 6.61 Å². The Bertz CT molecular complexity index is 1340. The number of ketones is 1. The highest BCUT2D eigenvalue weighted by Gasteiger charge is 2.50. The Kier molecular flexibility index (Phi) is 10.9. The van der Waals surface area contributed by atoms with Crippen LogP contribution in [0.3, 0.4) is 0 Å². The van der Waals surface area contributed by atoms with Gasteiger partial charge in [0.1, 0.15) is 29.5 Å². The van der Waals surface area contributed by atoms with Crippen molar-refractivity contribution in [3.05, 3.63) is 41.5 Å². The van der Waals surface area contributed by atoms with E-state index in [1.807, 2.05) is 11.0 Å². The van der Waals surface area contributed by atoms with Crippen molar-refractivity contribution in [2.24, 2.45) is 0 Å². The van der Waals surface area contributed by atoms with Gasteiger partial charge in [0.2, 0.25) is 17.7 Å². The largest absolute Gasteiger partial charge is 0.435 e. The molecule has 3 amide bonds. The van der Waals surface area contributed by atoms with E-state index in [9.17, 15) is 33.1 Å². The van der Waals surface area contributed by atoms with E-state index in [0.717, 1.165) is 50.7 Å². The molecule has 3 saturated heterocycles. The lowest BCUT2D eigenvalue weighted by Crippen LogP contribution is -2.58. The Balaban J connectivity index is 1.26. The molecule has 0 aromatic heterocycles. The van der Waals surface area contributed by atoms with E-state index in [2.05, 4.69) is 20.7 Å². The Labute approximate surface area is 272 Å². The fourth-order valence-corrected chi connectivity index (χ4v) is 6.34. The number of ether oxygens (including phenoxy) is 3. The number of allylic oxidation sites excluding steroid dienone is 1. The average Bonchev–Trinajstić information content (AvgIpc) is 3.56. The minimum Gasteiger partial charge on any atom is -0.435 e. The molecule has 5 atom stereocenters. The molecule has 1 aromatic rings. The number of carbonyl (C=O) groups excluding carboxylic acids is 4. The van der Waals surface area contributed by atoms with E-state index in [1.165, 1.54) is 31.2 Å². The van der Waals surface area contributed by atoms with Gasteiger partial charge in [0.25, 0.3) is 0 Å². The van der Waals surface area contributed by atoms with Crippen LogP contribution in [0, 0.1) is 0 Å². The first-order chi connectivity index (χ1) is 22.4. The van der Waals surface area contributed by atoms with E-state index in [4.69, 9.17) is 9.47 Å². The summed E-state index contributed by atoms with van der Waals surface area (Å²) in [6.45, 7) is 2.52. The second-order valence-corrected chi connectivity index (χ2v) is 13.1. The lowest BCUT2D eigenvalue weighted by Gasteiger charge is -2.47. The fraction of sp³-hybridized carbons (Fsp3) is 0.636. The number of piperidine rings is 1. The van der Waals surface area contributed by atoms with Crippen molar-refractivity contribution < 1.29 is 47.3 Å². The predicted molar refractivity (Wildman–Crippen MR) is 164 cm³/mol. The van der Waals surface area contributed by atoms with Crippen LogP contribution in [0.2, 0.25) is 0 Å². The third kappa shape index (κ3) is 8.92. The predicted octanol–water partition coefficient (Wildman–Crippen LogP) is 1.91. The van der Waals surface area contributed by atoms with Gasteiger partial charge in [0, 0.05) is 13.1 Å². The molecule has 1 aliphatic carbocycles. The van der Waals surface area contributed by atoms with Crippen LogP contribution < -0.4 is 20.7 Å². The number of epoxide rings is 1. The molecule has 14 heteroatoms. The van der Waals surface area contributed by atoms with Gasteiger partial charge in [-0.15, -0.1) is 0 Å². The molecule has 4 N–H and O–H groups in total. The van der Waals surface area contributed by atoms with Crippen LogP contribution >= 0.6 is 0 Å². The molecule has 258 valence electrons. The number of amides is 3. The topological polar surface area (TPSA) is 159 Å². The van der Waals surface area contributed by atoms with Crippen LogP contribution in [0.1, 0.15) is 70.5 Å². The van der Waals surface area contributed by atoms with Crippen molar-refractivity contribution in [3.8, 4) is 5.75 Å². The first-order valence-electron chi connectivity index (χ1n) is 16.2. The first-order valence-corrected chi connectivity index (χ1v) is 16.2. The summed E-state index contributed by atoms with van der Waals surface area (Å²) in [5.74, 6) is -2.43. The van der Waals surface area contributed by atoms with Gasteiger partial charge in [-0.2, -0.15) is 8.78 Å². The van der Waals surface area contributed by atoms with Crippen LogP contribution in [0.5, 0.6) is 5.75 Å². The van der Waals surface area contributed by atoms with Crippen LogP contribution in [0.15, 0.2) is 35.9 Å². The standard InChI is InChI=1S/C33H44F2N4O8/c1-20(36-25(40)18-39-14-11-33(12-15-39)13-16-45-33)29(43)38-26(27(41)22-7-9-23(10-8-22)47-31(34)35)30(44)37-24(17-21-5-3-4-6-21)28(42)32(2)19-46-32/h5,7-10,20,24,26-27,31,41H,3-4,6,11-19H2,1-2H3,(H,36,40)(H,37,44)(H,38,43)/t20-,24-,26-,27+,32+/m0/s1. The van der Waals surface area contributed by atoms with E-state index in [1.54, 1.807) is 6.92 Å². The molecule has 3 aliphatic heterocycles. The summed E-state index contributed by atoms with van der Waals surface area (Å²) in [7, 11) is 0. The summed E-state index contributed by atoms with van der Waals surface area (Å²) in [6, 6.07) is 1.34. The molecular weight excluding hydrogens is 618 g/mol. The lowest BCUT2D eigenvalue weighted by atomic mass is 9.84. The molecule has 12 nitrogen and oxygen atoms in total. The molecular formula is C33H44F2N4O8. The third-order valence-corrected chi connectivity index (χ3v) is 9.55. The molecule has 3 fully saturated rings. The maximum absolute atomic E-state index is 13.8.